The third kappa shape index (κ3) is 4.09. The molecular formula is C10H22N2O2S. The molecule has 0 bridgehead atoms. The zero-order valence-electron chi connectivity index (χ0n) is 9.86. The van der Waals surface area contributed by atoms with Crippen molar-refractivity contribution in [3.63, 3.8) is 0 Å². The zero-order chi connectivity index (χ0) is 11.5. The van der Waals surface area contributed by atoms with E-state index in [1.165, 1.54) is 0 Å². The molecule has 0 radical (unpaired) electrons. The summed E-state index contributed by atoms with van der Waals surface area (Å²) in [4.78, 5) is 2.25. The second-order valence-corrected chi connectivity index (χ2v) is 6.44. The fourth-order valence-electron chi connectivity index (χ4n) is 2.09. The van der Waals surface area contributed by atoms with E-state index in [4.69, 9.17) is 0 Å². The molecule has 1 N–H and O–H groups in total. The molecule has 1 aliphatic rings. The molecule has 90 valence electrons. The Bertz CT molecular complexity index is 290. The van der Waals surface area contributed by atoms with Crippen molar-refractivity contribution in [3.8, 4) is 0 Å². The third-order valence-electron chi connectivity index (χ3n) is 2.91. The fourth-order valence-corrected chi connectivity index (χ4v) is 3.55. The highest BCUT2D eigenvalue weighted by molar-refractivity contribution is 7.89. The molecule has 2 unspecified atom stereocenters. The van der Waals surface area contributed by atoms with E-state index in [0.29, 0.717) is 12.3 Å². The molecule has 0 aliphatic carbocycles. The minimum atomic E-state index is -3.05. The summed E-state index contributed by atoms with van der Waals surface area (Å²) >= 11 is 0. The van der Waals surface area contributed by atoms with Crippen LogP contribution in [-0.4, -0.2) is 45.2 Å². The minimum absolute atomic E-state index is 0.123. The van der Waals surface area contributed by atoms with Crippen molar-refractivity contribution in [1.29, 1.82) is 0 Å². The van der Waals surface area contributed by atoms with Gasteiger partial charge in [-0.25, -0.2) is 13.1 Å². The summed E-state index contributed by atoms with van der Waals surface area (Å²) < 4.78 is 26.0. The van der Waals surface area contributed by atoms with Gasteiger partial charge < -0.3 is 4.90 Å². The molecule has 5 heteroatoms. The number of nitrogens with one attached hydrogen (secondary N) is 1. The van der Waals surface area contributed by atoms with Gasteiger partial charge in [-0.2, -0.15) is 0 Å². The summed E-state index contributed by atoms with van der Waals surface area (Å²) in [5, 5.41) is 0. The Morgan fingerprint density at radius 2 is 2.13 bits per heavy atom. The quantitative estimate of drug-likeness (QED) is 0.777. The smallest absolute Gasteiger partial charge is 0.211 e. The lowest BCUT2D eigenvalue weighted by Gasteiger charge is -2.34. The predicted octanol–water partition coefficient (Wildman–Crippen LogP) is 0.656. The summed E-state index contributed by atoms with van der Waals surface area (Å²) in [5.74, 6) is 0.641. The molecule has 2 atom stereocenters. The van der Waals surface area contributed by atoms with Crippen molar-refractivity contribution < 1.29 is 8.42 Å². The number of nitrogens with zero attached hydrogens (tertiary/aromatic N) is 1. The van der Waals surface area contributed by atoms with Gasteiger partial charge in [-0.1, -0.05) is 13.8 Å². The van der Waals surface area contributed by atoms with E-state index >= 15 is 0 Å². The Kier molecular flexibility index (Phi) is 4.55. The molecule has 1 fully saturated rings. The van der Waals surface area contributed by atoms with Gasteiger partial charge in [0.25, 0.3) is 0 Å². The summed E-state index contributed by atoms with van der Waals surface area (Å²) in [6.45, 7) is 5.94. The van der Waals surface area contributed by atoms with E-state index in [9.17, 15) is 8.42 Å². The molecule has 0 aromatic rings. The van der Waals surface area contributed by atoms with E-state index in [2.05, 4.69) is 23.6 Å². The Morgan fingerprint density at radius 3 is 2.67 bits per heavy atom. The molecule has 0 aromatic heterocycles. The van der Waals surface area contributed by atoms with Crippen molar-refractivity contribution in [2.24, 2.45) is 5.92 Å². The van der Waals surface area contributed by atoms with Crippen molar-refractivity contribution in [2.75, 3.05) is 25.9 Å². The highest BCUT2D eigenvalue weighted by Gasteiger charge is 2.27. The fraction of sp³-hybridized carbons (Fsp3) is 1.00. The summed E-state index contributed by atoms with van der Waals surface area (Å²) in [6.07, 6.45) is 1.59. The Hall–Kier alpha value is -0.130. The molecule has 1 aliphatic heterocycles. The molecule has 0 saturated carbocycles. The molecule has 1 saturated heterocycles. The van der Waals surface area contributed by atoms with E-state index in [0.717, 1.165) is 19.5 Å². The maximum Gasteiger partial charge on any atom is 0.211 e. The van der Waals surface area contributed by atoms with Crippen LogP contribution >= 0.6 is 0 Å². The molecule has 15 heavy (non-hydrogen) atoms. The van der Waals surface area contributed by atoms with Gasteiger partial charge in [0.1, 0.15) is 0 Å². The monoisotopic (exact) mass is 234 g/mol. The van der Waals surface area contributed by atoms with Crippen molar-refractivity contribution in [1.82, 2.24) is 9.62 Å². The van der Waals surface area contributed by atoms with Gasteiger partial charge in [-0.15, -0.1) is 0 Å². The van der Waals surface area contributed by atoms with Crippen LogP contribution in [0.15, 0.2) is 0 Å². The minimum Gasteiger partial charge on any atom is -0.306 e. The molecule has 1 heterocycles. The van der Waals surface area contributed by atoms with Gasteiger partial charge in [-0.05, 0) is 32.4 Å². The third-order valence-corrected chi connectivity index (χ3v) is 4.52. The Labute approximate surface area is 93.1 Å². The highest BCUT2D eigenvalue weighted by Crippen LogP contribution is 2.16. The average Bonchev–Trinajstić information content (AvgIpc) is 2.09. The van der Waals surface area contributed by atoms with Gasteiger partial charge in [0.15, 0.2) is 0 Å². The molecule has 0 aromatic carbocycles. The van der Waals surface area contributed by atoms with E-state index in [1.54, 1.807) is 0 Å². The summed E-state index contributed by atoms with van der Waals surface area (Å²) in [5.41, 5.74) is 0. The normalized spacial score (nSPS) is 29.3. The van der Waals surface area contributed by atoms with Crippen LogP contribution in [0.25, 0.3) is 0 Å². The maximum absolute atomic E-state index is 11.6. The van der Waals surface area contributed by atoms with Crippen LogP contribution in [0.1, 0.15) is 26.7 Å². The van der Waals surface area contributed by atoms with E-state index < -0.39 is 10.0 Å². The first kappa shape index (κ1) is 12.9. The average molecular weight is 234 g/mol. The highest BCUT2D eigenvalue weighted by atomic mass is 32.2. The molecule has 4 nitrogen and oxygen atoms in total. The zero-order valence-corrected chi connectivity index (χ0v) is 10.7. The Morgan fingerprint density at radius 1 is 1.47 bits per heavy atom. The second kappa shape index (κ2) is 5.27. The van der Waals surface area contributed by atoms with E-state index in [1.807, 2.05) is 6.92 Å². The lowest BCUT2D eigenvalue weighted by Crippen LogP contribution is -2.49. The van der Waals surface area contributed by atoms with Crippen LogP contribution in [0.4, 0.5) is 0 Å². The van der Waals surface area contributed by atoms with Crippen molar-refractivity contribution in [3.05, 3.63) is 0 Å². The van der Waals surface area contributed by atoms with Gasteiger partial charge in [0.2, 0.25) is 10.0 Å². The SMILES string of the molecule is CCCS(=O)(=O)NC1CCN(C)CC1C. The molecule has 1 rings (SSSR count). The molecular weight excluding hydrogens is 212 g/mol. The van der Waals surface area contributed by atoms with Gasteiger partial charge in [0, 0.05) is 12.6 Å². The number of piperidine rings is 1. The second-order valence-electron chi connectivity index (χ2n) is 4.57. The van der Waals surface area contributed by atoms with Crippen LogP contribution in [0.5, 0.6) is 0 Å². The lowest BCUT2D eigenvalue weighted by molar-refractivity contribution is 0.188. The molecule has 0 spiro atoms. The number of hydrogen-bond donors (Lipinski definition) is 1. The number of likely N-dealkylation sites (tertiary alicyclic amines) is 1. The summed E-state index contributed by atoms with van der Waals surface area (Å²) in [6, 6.07) is 0.123. The van der Waals surface area contributed by atoms with Crippen molar-refractivity contribution >= 4 is 10.0 Å². The maximum atomic E-state index is 11.6. The largest absolute Gasteiger partial charge is 0.306 e. The first-order valence-corrected chi connectivity index (χ1v) is 7.28. The van der Waals surface area contributed by atoms with Crippen molar-refractivity contribution in [2.45, 2.75) is 32.7 Å². The number of sulfonamides is 1. The topological polar surface area (TPSA) is 49.4 Å². The van der Waals surface area contributed by atoms with E-state index in [-0.39, 0.29) is 11.8 Å². The van der Waals surface area contributed by atoms with Gasteiger partial charge in [0.05, 0.1) is 5.75 Å². The van der Waals surface area contributed by atoms with Crippen LogP contribution in [0, 0.1) is 5.92 Å². The van der Waals surface area contributed by atoms with Gasteiger partial charge in [-0.3, -0.25) is 0 Å². The Balaban J connectivity index is 2.51. The number of rotatable bonds is 4. The van der Waals surface area contributed by atoms with Crippen LogP contribution in [0.3, 0.4) is 0 Å². The predicted molar refractivity (Wildman–Crippen MR) is 62.3 cm³/mol. The van der Waals surface area contributed by atoms with Crippen LogP contribution in [0.2, 0.25) is 0 Å². The van der Waals surface area contributed by atoms with Gasteiger partial charge >= 0.3 is 0 Å². The first-order chi connectivity index (χ1) is 6.94. The standard InChI is InChI=1S/C10H22N2O2S/c1-4-7-15(13,14)11-10-5-6-12(3)8-9(10)2/h9-11H,4-8H2,1-3H3. The molecule has 0 amide bonds. The van der Waals surface area contributed by atoms with Crippen LogP contribution < -0.4 is 4.72 Å². The van der Waals surface area contributed by atoms with Crippen LogP contribution in [-0.2, 0) is 10.0 Å². The number of hydrogen-bond acceptors (Lipinski definition) is 3. The summed E-state index contributed by atoms with van der Waals surface area (Å²) in [7, 11) is -0.974. The lowest BCUT2D eigenvalue weighted by atomic mass is 9.95. The first-order valence-electron chi connectivity index (χ1n) is 5.63.